The van der Waals surface area contributed by atoms with Crippen molar-refractivity contribution in [2.45, 2.75) is 26.3 Å². The molecule has 3 rings (SSSR count). The molecule has 1 aliphatic rings. The molecule has 1 fully saturated rings. The van der Waals surface area contributed by atoms with Gasteiger partial charge in [0.15, 0.2) is 0 Å². The number of benzene rings is 1. The lowest BCUT2D eigenvalue weighted by Gasteiger charge is -2.08. The Morgan fingerprint density at radius 2 is 2.04 bits per heavy atom. The van der Waals surface area contributed by atoms with Crippen molar-refractivity contribution < 1.29 is 9.59 Å². The minimum Gasteiger partial charge on any atom is -0.347 e. The van der Waals surface area contributed by atoms with Crippen LogP contribution in [0, 0.1) is 12.8 Å². The number of aryl methyl sites for hydroxylation is 1. The number of hydrogen-bond acceptors (Lipinski definition) is 4. The van der Waals surface area contributed by atoms with Gasteiger partial charge in [-0.2, -0.15) is 0 Å². The van der Waals surface area contributed by atoms with Crippen LogP contribution in [0.1, 0.15) is 34.6 Å². The Balaban J connectivity index is 1.58. The zero-order chi connectivity index (χ0) is 16.2. The molecule has 2 N–H and O–H groups in total. The predicted octanol–water partition coefficient (Wildman–Crippen LogP) is 2.06. The first-order chi connectivity index (χ1) is 11.1. The van der Waals surface area contributed by atoms with Gasteiger partial charge in [0.1, 0.15) is 5.69 Å². The third kappa shape index (κ3) is 4.12. The molecule has 2 aromatic rings. The number of amides is 2. The lowest BCUT2D eigenvalue weighted by molar-refractivity contribution is -0.117. The minimum absolute atomic E-state index is 0.0705. The molecule has 0 unspecified atom stereocenters. The highest BCUT2D eigenvalue weighted by Crippen LogP contribution is 2.30. The molecule has 1 saturated carbocycles. The van der Waals surface area contributed by atoms with Gasteiger partial charge in [-0.05, 0) is 37.5 Å². The maximum atomic E-state index is 12.0. The number of aromatic nitrogens is 2. The van der Waals surface area contributed by atoms with E-state index in [1.54, 1.807) is 6.20 Å². The van der Waals surface area contributed by atoms with E-state index in [2.05, 4.69) is 20.6 Å². The monoisotopic (exact) mass is 310 g/mol. The number of anilines is 1. The highest BCUT2D eigenvalue weighted by atomic mass is 16.2. The third-order valence-electron chi connectivity index (χ3n) is 3.61. The Bertz CT molecular complexity index is 724. The molecular weight excluding hydrogens is 292 g/mol. The average Bonchev–Trinajstić information content (AvgIpc) is 3.38. The smallest absolute Gasteiger partial charge is 0.271 e. The van der Waals surface area contributed by atoms with Crippen molar-refractivity contribution in [2.75, 3.05) is 5.32 Å². The fourth-order valence-electron chi connectivity index (χ4n) is 2.13. The molecule has 118 valence electrons. The summed E-state index contributed by atoms with van der Waals surface area (Å²) in [5.41, 5.74) is 2.71. The Hall–Kier alpha value is -2.76. The standard InChI is InChI=1S/C17H18N4O2/c1-11-8-19-15(10-18-11)17(23)20-9-12-3-2-4-14(7-12)21-16(22)13-5-6-13/h2-4,7-8,10,13H,5-6,9H2,1H3,(H,20,23)(H,21,22). The summed E-state index contributed by atoms with van der Waals surface area (Å²) in [6.07, 6.45) is 4.96. The molecule has 23 heavy (non-hydrogen) atoms. The number of hydrogen-bond donors (Lipinski definition) is 2. The fourth-order valence-corrected chi connectivity index (χ4v) is 2.13. The molecule has 6 nitrogen and oxygen atoms in total. The van der Waals surface area contributed by atoms with Crippen molar-refractivity contribution in [1.29, 1.82) is 0 Å². The van der Waals surface area contributed by atoms with E-state index in [0.717, 1.165) is 29.8 Å². The average molecular weight is 310 g/mol. The summed E-state index contributed by atoms with van der Waals surface area (Å²) in [5, 5.41) is 5.69. The van der Waals surface area contributed by atoms with Crippen LogP contribution in [0.15, 0.2) is 36.7 Å². The van der Waals surface area contributed by atoms with Gasteiger partial charge in [-0.25, -0.2) is 4.98 Å². The molecule has 1 heterocycles. The van der Waals surface area contributed by atoms with Crippen molar-refractivity contribution in [3.63, 3.8) is 0 Å². The van der Waals surface area contributed by atoms with Crippen LogP contribution in [-0.4, -0.2) is 21.8 Å². The van der Waals surface area contributed by atoms with Gasteiger partial charge in [-0.15, -0.1) is 0 Å². The quantitative estimate of drug-likeness (QED) is 0.885. The van der Waals surface area contributed by atoms with Crippen LogP contribution in [0.25, 0.3) is 0 Å². The summed E-state index contributed by atoms with van der Waals surface area (Å²) in [5.74, 6) is -0.0375. The van der Waals surface area contributed by atoms with Crippen LogP contribution in [0.3, 0.4) is 0 Å². The molecule has 1 aliphatic carbocycles. The lowest BCUT2D eigenvalue weighted by atomic mass is 10.2. The van der Waals surface area contributed by atoms with Crippen molar-refractivity contribution >= 4 is 17.5 Å². The molecular formula is C17H18N4O2. The summed E-state index contributed by atoms with van der Waals surface area (Å²) in [6.45, 7) is 2.18. The number of carbonyl (C=O) groups excluding carboxylic acids is 2. The SMILES string of the molecule is Cc1cnc(C(=O)NCc2cccc(NC(=O)C3CC3)c2)cn1. The summed E-state index contributed by atoms with van der Waals surface area (Å²) in [6, 6.07) is 7.46. The molecule has 0 spiro atoms. The van der Waals surface area contributed by atoms with E-state index in [0.29, 0.717) is 6.54 Å². The van der Waals surface area contributed by atoms with Crippen LogP contribution >= 0.6 is 0 Å². The molecule has 6 heteroatoms. The van der Waals surface area contributed by atoms with E-state index in [9.17, 15) is 9.59 Å². The Morgan fingerprint density at radius 3 is 2.74 bits per heavy atom. The first kappa shape index (κ1) is 15.1. The third-order valence-corrected chi connectivity index (χ3v) is 3.61. The second kappa shape index (κ2) is 6.56. The van der Waals surface area contributed by atoms with Crippen LogP contribution < -0.4 is 10.6 Å². The topological polar surface area (TPSA) is 84.0 Å². The van der Waals surface area contributed by atoms with Gasteiger partial charge < -0.3 is 10.6 Å². The second-order valence-corrected chi connectivity index (χ2v) is 5.69. The molecule has 0 saturated heterocycles. The number of rotatable bonds is 5. The van der Waals surface area contributed by atoms with E-state index in [1.807, 2.05) is 31.2 Å². The van der Waals surface area contributed by atoms with Gasteiger partial charge in [-0.3, -0.25) is 14.6 Å². The van der Waals surface area contributed by atoms with Crippen molar-refractivity contribution in [3.05, 3.63) is 53.6 Å². The molecule has 1 aromatic heterocycles. The zero-order valence-corrected chi connectivity index (χ0v) is 12.9. The molecule has 0 aliphatic heterocycles. The number of nitrogens with one attached hydrogen (secondary N) is 2. The van der Waals surface area contributed by atoms with Crippen molar-refractivity contribution in [2.24, 2.45) is 5.92 Å². The van der Waals surface area contributed by atoms with Gasteiger partial charge >= 0.3 is 0 Å². The molecule has 2 amide bonds. The molecule has 0 radical (unpaired) electrons. The van der Waals surface area contributed by atoms with Crippen LogP contribution in [0.5, 0.6) is 0 Å². The van der Waals surface area contributed by atoms with Crippen LogP contribution in [0.2, 0.25) is 0 Å². The Kier molecular flexibility index (Phi) is 4.32. The van der Waals surface area contributed by atoms with E-state index < -0.39 is 0 Å². The van der Waals surface area contributed by atoms with E-state index in [1.165, 1.54) is 6.20 Å². The normalized spacial score (nSPS) is 13.4. The molecule has 0 bridgehead atoms. The van der Waals surface area contributed by atoms with E-state index in [4.69, 9.17) is 0 Å². The minimum atomic E-state index is -0.273. The zero-order valence-electron chi connectivity index (χ0n) is 12.9. The predicted molar refractivity (Wildman–Crippen MR) is 85.7 cm³/mol. The van der Waals surface area contributed by atoms with Crippen LogP contribution in [0.4, 0.5) is 5.69 Å². The van der Waals surface area contributed by atoms with Crippen molar-refractivity contribution in [3.8, 4) is 0 Å². The summed E-state index contributed by atoms with van der Waals surface area (Å²) < 4.78 is 0. The first-order valence-electron chi connectivity index (χ1n) is 7.58. The second-order valence-electron chi connectivity index (χ2n) is 5.69. The fraction of sp³-hybridized carbons (Fsp3) is 0.294. The van der Waals surface area contributed by atoms with Gasteiger partial charge in [0.05, 0.1) is 11.9 Å². The van der Waals surface area contributed by atoms with Gasteiger partial charge in [0.2, 0.25) is 5.91 Å². The first-order valence-corrected chi connectivity index (χ1v) is 7.58. The Labute approximate surface area is 134 Å². The molecule has 0 atom stereocenters. The van der Waals surface area contributed by atoms with Gasteiger partial charge in [0.25, 0.3) is 5.91 Å². The number of carbonyl (C=O) groups is 2. The van der Waals surface area contributed by atoms with Crippen molar-refractivity contribution in [1.82, 2.24) is 15.3 Å². The van der Waals surface area contributed by atoms with E-state index >= 15 is 0 Å². The maximum Gasteiger partial charge on any atom is 0.271 e. The van der Waals surface area contributed by atoms with E-state index in [-0.39, 0.29) is 23.4 Å². The summed E-state index contributed by atoms with van der Waals surface area (Å²) >= 11 is 0. The summed E-state index contributed by atoms with van der Waals surface area (Å²) in [4.78, 5) is 31.9. The maximum absolute atomic E-state index is 12.0. The highest BCUT2D eigenvalue weighted by Gasteiger charge is 2.29. The lowest BCUT2D eigenvalue weighted by Crippen LogP contribution is -2.24. The number of nitrogens with zero attached hydrogens (tertiary/aromatic N) is 2. The van der Waals surface area contributed by atoms with Crippen LogP contribution in [-0.2, 0) is 11.3 Å². The van der Waals surface area contributed by atoms with Gasteiger partial charge in [-0.1, -0.05) is 12.1 Å². The highest BCUT2D eigenvalue weighted by molar-refractivity contribution is 5.94. The Morgan fingerprint density at radius 1 is 1.22 bits per heavy atom. The summed E-state index contributed by atoms with van der Waals surface area (Å²) in [7, 11) is 0. The van der Waals surface area contributed by atoms with Gasteiger partial charge in [0, 0.05) is 24.3 Å². The largest absolute Gasteiger partial charge is 0.347 e. The molecule has 1 aromatic carbocycles.